The van der Waals surface area contributed by atoms with Gasteiger partial charge < -0.3 is 16.0 Å². The van der Waals surface area contributed by atoms with Crippen LogP contribution in [0.4, 0.5) is 22.9 Å². The minimum Gasteiger partial charge on any atom is -0.339 e. The number of benzene rings is 2. The molecule has 2 aromatic carbocycles. The molecule has 0 saturated carbocycles. The number of hydrogen-bond acceptors (Lipinski definition) is 5. The van der Waals surface area contributed by atoms with E-state index in [9.17, 15) is 9.59 Å². The fraction of sp³-hybridized carbons (Fsp3) is 0.100. The Kier molecular flexibility index (Phi) is 5.86. The third-order valence-corrected chi connectivity index (χ3v) is 4.05. The van der Waals surface area contributed by atoms with Gasteiger partial charge in [-0.25, -0.2) is 9.97 Å². The zero-order valence-corrected chi connectivity index (χ0v) is 16.0. The fourth-order valence-corrected chi connectivity index (χ4v) is 2.58. The van der Waals surface area contributed by atoms with E-state index in [4.69, 9.17) is 11.6 Å². The molecule has 0 aliphatic carbocycles. The SMILES string of the molecule is CC(=O)Nc1ccc(NC(=O)c2cnc(Nc3cc(Cl)ccc3C)cn2)cc1. The number of hydrogen-bond donors (Lipinski definition) is 3. The van der Waals surface area contributed by atoms with Crippen molar-refractivity contribution in [2.45, 2.75) is 13.8 Å². The Bertz CT molecular complexity index is 1000. The molecule has 3 rings (SSSR count). The van der Waals surface area contributed by atoms with Gasteiger partial charge in [-0.05, 0) is 48.9 Å². The molecular weight excluding hydrogens is 378 g/mol. The van der Waals surface area contributed by atoms with Crippen LogP contribution in [0.25, 0.3) is 0 Å². The number of halogens is 1. The summed E-state index contributed by atoms with van der Waals surface area (Å²) in [7, 11) is 0. The van der Waals surface area contributed by atoms with Gasteiger partial charge in [-0.15, -0.1) is 0 Å². The van der Waals surface area contributed by atoms with Crippen LogP contribution in [0.5, 0.6) is 0 Å². The first kappa shape index (κ1) is 19.3. The maximum absolute atomic E-state index is 12.3. The predicted molar refractivity (Wildman–Crippen MR) is 110 cm³/mol. The van der Waals surface area contributed by atoms with Gasteiger partial charge >= 0.3 is 0 Å². The lowest BCUT2D eigenvalue weighted by molar-refractivity contribution is -0.114. The van der Waals surface area contributed by atoms with Crippen LogP contribution < -0.4 is 16.0 Å². The summed E-state index contributed by atoms with van der Waals surface area (Å²) in [4.78, 5) is 31.7. The summed E-state index contributed by atoms with van der Waals surface area (Å²) in [6.45, 7) is 3.38. The molecule has 0 atom stereocenters. The molecule has 0 bridgehead atoms. The second kappa shape index (κ2) is 8.49. The highest BCUT2D eigenvalue weighted by Gasteiger charge is 2.09. The summed E-state index contributed by atoms with van der Waals surface area (Å²) in [5.74, 6) is -0.0411. The number of nitrogens with zero attached hydrogens (tertiary/aromatic N) is 2. The largest absolute Gasteiger partial charge is 0.339 e. The molecule has 0 fully saturated rings. The topological polar surface area (TPSA) is 96.0 Å². The molecule has 1 aromatic heterocycles. The third-order valence-electron chi connectivity index (χ3n) is 3.81. The summed E-state index contributed by atoms with van der Waals surface area (Å²) in [5, 5.41) is 9.13. The van der Waals surface area contributed by atoms with Gasteiger partial charge in [0, 0.05) is 29.0 Å². The van der Waals surface area contributed by atoms with Gasteiger partial charge in [-0.3, -0.25) is 9.59 Å². The number of rotatable bonds is 5. The van der Waals surface area contributed by atoms with Crippen LogP contribution in [0, 0.1) is 6.92 Å². The van der Waals surface area contributed by atoms with E-state index in [1.165, 1.54) is 19.3 Å². The van der Waals surface area contributed by atoms with Gasteiger partial charge in [0.15, 0.2) is 0 Å². The molecule has 0 saturated heterocycles. The lowest BCUT2D eigenvalue weighted by Gasteiger charge is -2.10. The lowest BCUT2D eigenvalue weighted by Crippen LogP contribution is -2.14. The summed E-state index contributed by atoms with van der Waals surface area (Å²) in [6, 6.07) is 12.3. The van der Waals surface area contributed by atoms with Gasteiger partial charge in [-0.1, -0.05) is 17.7 Å². The van der Waals surface area contributed by atoms with Crippen molar-refractivity contribution in [3.05, 3.63) is 71.1 Å². The van der Waals surface area contributed by atoms with Crippen molar-refractivity contribution in [3.63, 3.8) is 0 Å². The smallest absolute Gasteiger partial charge is 0.275 e. The van der Waals surface area contributed by atoms with E-state index in [2.05, 4.69) is 25.9 Å². The van der Waals surface area contributed by atoms with Gasteiger partial charge in [0.05, 0.1) is 12.4 Å². The molecule has 28 heavy (non-hydrogen) atoms. The molecule has 0 radical (unpaired) electrons. The molecule has 142 valence electrons. The van der Waals surface area contributed by atoms with E-state index in [-0.39, 0.29) is 17.5 Å². The Balaban J connectivity index is 1.65. The van der Waals surface area contributed by atoms with Gasteiger partial charge in [0.1, 0.15) is 11.5 Å². The van der Waals surface area contributed by atoms with Crippen molar-refractivity contribution in [3.8, 4) is 0 Å². The van der Waals surface area contributed by atoms with Crippen LogP contribution in [-0.4, -0.2) is 21.8 Å². The van der Waals surface area contributed by atoms with Crippen molar-refractivity contribution in [2.75, 3.05) is 16.0 Å². The lowest BCUT2D eigenvalue weighted by atomic mass is 10.2. The highest BCUT2D eigenvalue weighted by Crippen LogP contribution is 2.23. The zero-order valence-electron chi connectivity index (χ0n) is 15.3. The summed E-state index contributed by atoms with van der Waals surface area (Å²) >= 11 is 6.01. The van der Waals surface area contributed by atoms with E-state index < -0.39 is 0 Å². The van der Waals surface area contributed by atoms with Crippen molar-refractivity contribution >= 4 is 46.3 Å². The molecule has 0 aliphatic heterocycles. The van der Waals surface area contributed by atoms with Crippen LogP contribution in [-0.2, 0) is 4.79 Å². The maximum Gasteiger partial charge on any atom is 0.275 e. The van der Waals surface area contributed by atoms with Crippen LogP contribution in [0.2, 0.25) is 5.02 Å². The molecule has 3 N–H and O–H groups in total. The molecule has 2 amide bonds. The highest BCUT2D eigenvalue weighted by molar-refractivity contribution is 6.30. The Morgan fingerprint density at radius 2 is 1.61 bits per heavy atom. The molecule has 7 nitrogen and oxygen atoms in total. The minimum absolute atomic E-state index is 0.159. The number of carbonyl (C=O) groups is 2. The summed E-state index contributed by atoms with van der Waals surface area (Å²) in [5.41, 5.74) is 3.24. The zero-order chi connectivity index (χ0) is 20.1. The third kappa shape index (κ3) is 5.05. The molecule has 0 spiro atoms. The van der Waals surface area contributed by atoms with Crippen LogP contribution in [0.3, 0.4) is 0 Å². The normalized spacial score (nSPS) is 10.2. The van der Waals surface area contributed by atoms with Crippen molar-refractivity contribution in [1.82, 2.24) is 9.97 Å². The van der Waals surface area contributed by atoms with E-state index in [1.54, 1.807) is 30.3 Å². The molecular formula is C20H18ClN5O2. The van der Waals surface area contributed by atoms with Gasteiger partial charge in [-0.2, -0.15) is 0 Å². The average Bonchev–Trinajstić information content (AvgIpc) is 2.66. The minimum atomic E-state index is -0.384. The molecule has 3 aromatic rings. The highest BCUT2D eigenvalue weighted by atomic mass is 35.5. The number of carbonyl (C=O) groups excluding carboxylic acids is 2. The van der Waals surface area contributed by atoms with E-state index in [0.717, 1.165) is 11.3 Å². The van der Waals surface area contributed by atoms with Crippen molar-refractivity contribution in [2.24, 2.45) is 0 Å². The first-order chi connectivity index (χ1) is 13.4. The maximum atomic E-state index is 12.3. The fourth-order valence-electron chi connectivity index (χ4n) is 2.41. The van der Waals surface area contributed by atoms with Crippen molar-refractivity contribution in [1.29, 1.82) is 0 Å². The Morgan fingerprint density at radius 3 is 2.21 bits per heavy atom. The second-order valence-corrected chi connectivity index (χ2v) is 6.52. The first-order valence-electron chi connectivity index (χ1n) is 8.45. The predicted octanol–water partition coefficient (Wildman–Crippen LogP) is 4.39. The van der Waals surface area contributed by atoms with E-state index in [1.807, 2.05) is 19.1 Å². The Morgan fingerprint density at radius 1 is 0.929 bits per heavy atom. The van der Waals surface area contributed by atoms with Crippen LogP contribution in [0.1, 0.15) is 23.0 Å². The number of amides is 2. The number of aromatic nitrogens is 2. The second-order valence-electron chi connectivity index (χ2n) is 6.08. The monoisotopic (exact) mass is 395 g/mol. The van der Waals surface area contributed by atoms with Crippen LogP contribution >= 0.6 is 11.6 Å². The summed E-state index contributed by atoms with van der Waals surface area (Å²) < 4.78 is 0. The Labute approximate surface area is 167 Å². The molecule has 1 heterocycles. The van der Waals surface area contributed by atoms with Crippen LogP contribution in [0.15, 0.2) is 54.9 Å². The quantitative estimate of drug-likeness (QED) is 0.595. The first-order valence-corrected chi connectivity index (χ1v) is 8.83. The van der Waals surface area contributed by atoms with Gasteiger partial charge in [0.25, 0.3) is 5.91 Å². The Hall–Kier alpha value is -3.45. The van der Waals surface area contributed by atoms with Gasteiger partial charge in [0.2, 0.25) is 5.91 Å². The van der Waals surface area contributed by atoms with E-state index in [0.29, 0.717) is 22.2 Å². The molecule has 0 aliphatic rings. The molecule has 8 heteroatoms. The number of anilines is 4. The van der Waals surface area contributed by atoms with E-state index >= 15 is 0 Å². The number of nitrogens with one attached hydrogen (secondary N) is 3. The molecule has 0 unspecified atom stereocenters. The number of aryl methyl sites for hydroxylation is 1. The summed E-state index contributed by atoms with van der Waals surface area (Å²) in [6.07, 6.45) is 2.87. The average molecular weight is 396 g/mol. The van der Waals surface area contributed by atoms with Crippen molar-refractivity contribution < 1.29 is 9.59 Å². The standard InChI is InChI=1S/C20H18ClN5O2/c1-12-3-4-14(21)9-17(12)26-19-11-22-18(10-23-19)20(28)25-16-7-5-15(6-8-16)24-13(2)27/h3-11H,1-2H3,(H,23,26)(H,24,27)(H,25,28).